The average Bonchev–Trinajstić information content (AvgIpc) is 2.69. The normalized spacial score (nSPS) is 10.3. The number of nitrogens with one attached hydrogen (secondary N) is 2. The van der Waals surface area contributed by atoms with Gasteiger partial charge >= 0.3 is 0 Å². The smallest absolute Gasteiger partial charge is 0.253 e. The van der Waals surface area contributed by atoms with Crippen LogP contribution >= 0.6 is 0 Å². The number of aromatic nitrogens is 1. The van der Waals surface area contributed by atoms with Gasteiger partial charge in [0, 0.05) is 24.6 Å². The van der Waals surface area contributed by atoms with Crippen molar-refractivity contribution in [3.05, 3.63) is 95.3 Å². The maximum Gasteiger partial charge on any atom is 0.253 e. The van der Waals surface area contributed by atoms with E-state index in [1.165, 1.54) is 6.20 Å². The summed E-state index contributed by atoms with van der Waals surface area (Å²) in [7, 11) is 0. The number of anilines is 1. The Hall–Kier alpha value is -3.47. The third-order valence-electron chi connectivity index (χ3n) is 4.20. The zero-order valence-corrected chi connectivity index (χ0v) is 15.1. The molecule has 0 saturated heterocycles. The van der Waals surface area contributed by atoms with E-state index in [1.54, 1.807) is 18.3 Å². The molecule has 0 aliphatic carbocycles. The summed E-state index contributed by atoms with van der Waals surface area (Å²) in [6, 6.07) is 18.7. The van der Waals surface area contributed by atoms with E-state index in [2.05, 4.69) is 15.6 Å². The Morgan fingerprint density at radius 3 is 2.63 bits per heavy atom. The van der Waals surface area contributed by atoms with Crippen molar-refractivity contribution in [2.24, 2.45) is 0 Å². The van der Waals surface area contributed by atoms with Crippen LogP contribution in [0.25, 0.3) is 0 Å². The predicted molar refractivity (Wildman–Crippen MR) is 105 cm³/mol. The molecule has 3 rings (SSSR count). The van der Waals surface area contributed by atoms with Gasteiger partial charge in [-0.2, -0.15) is 0 Å². The lowest BCUT2D eigenvalue weighted by Crippen LogP contribution is -2.23. The molecule has 2 N–H and O–H groups in total. The van der Waals surface area contributed by atoms with Gasteiger partial charge in [0.25, 0.3) is 5.91 Å². The minimum absolute atomic E-state index is 0.0687. The SMILES string of the molecule is Cc1ccccc1CC(=O)Nc1cccc(CNC(=O)c2cccnc2)c1. The molecular formula is C22H21N3O2. The summed E-state index contributed by atoms with van der Waals surface area (Å²) in [4.78, 5) is 28.3. The van der Waals surface area contributed by atoms with E-state index < -0.39 is 0 Å². The predicted octanol–water partition coefficient (Wildman–Crippen LogP) is 3.50. The Balaban J connectivity index is 1.58. The van der Waals surface area contributed by atoms with Crippen LogP contribution in [0.4, 0.5) is 5.69 Å². The molecule has 0 unspecified atom stereocenters. The second-order valence-electron chi connectivity index (χ2n) is 6.28. The molecule has 136 valence electrons. The van der Waals surface area contributed by atoms with Gasteiger partial charge in [0.2, 0.25) is 5.91 Å². The van der Waals surface area contributed by atoms with E-state index in [4.69, 9.17) is 0 Å². The summed E-state index contributed by atoms with van der Waals surface area (Å²) in [6.07, 6.45) is 3.48. The van der Waals surface area contributed by atoms with Gasteiger partial charge in [-0.1, -0.05) is 36.4 Å². The highest BCUT2D eigenvalue weighted by atomic mass is 16.2. The summed E-state index contributed by atoms with van der Waals surface area (Å²) in [5.41, 5.74) is 4.23. The Labute approximate surface area is 158 Å². The van der Waals surface area contributed by atoms with Gasteiger partial charge in [-0.25, -0.2) is 0 Å². The average molecular weight is 359 g/mol. The number of carbonyl (C=O) groups excluding carboxylic acids is 2. The molecule has 0 spiro atoms. The number of benzene rings is 2. The first-order chi connectivity index (χ1) is 13.1. The minimum Gasteiger partial charge on any atom is -0.348 e. The van der Waals surface area contributed by atoms with Gasteiger partial charge < -0.3 is 10.6 Å². The zero-order chi connectivity index (χ0) is 19.1. The van der Waals surface area contributed by atoms with Gasteiger partial charge in [0.1, 0.15) is 0 Å². The molecule has 0 aliphatic rings. The molecule has 0 fully saturated rings. The Morgan fingerprint density at radius 2 is 1.85 bits per heavy atom. The van der Waals surface area contributed by atoms with Crippen LogP contribution in [-0.2, 0) is 17.8 Å². The molecule has 5 heteroatoms. The molecule has 0 radical (unpaired) electrons. The topological polar surface area (TPSA) is 71.1 Å². The van der Waals surface area contributed by atoms with E-state index in [1.807, 2.05) is 55.5 Å². The molecule has 2 aromatic carbocycles. The molecule has 5 nitrogen and oxygen atoms in total. The number of nitrogens with zero attached hydrogens (tertiary/aromatic N) is 1. The summed E-state index contributed by atoms with van der Waals surface area (Å²) >= 11 is 0. The van der Waals surface area contributed by atoms with Crippen molar-refractivity contribution >= 4 is 17.5 Å². The van der Waals surface area contributed by atoms with Crippen molar-refractivity contribution in [1.82, 2.24) is 10.3 Å². The number of aryl methyl sites for hydroxylation is 1. The molecule has 0 aliphatic heterocycles. The van der Waals surface area contributed by atoms with Crippen LogP contribution in [0.3, 0.4) is 0 Å². The number of amides is 2. The fraction of sp³-hybridized carbons (Fsp3) is 0.136. The molecule has 1 heterocycles. The van der Waals surface area contributed by atoms with E-state index in [0.29, 0.717) is 24.2 Å². The molecular weight excluding hydrogens is 338 g/mol. The minimum atomic E-state index is -0.183. The van der Waals surface area contributed by atoms with Gasteiger partial charge in [-0.05, 0) is 47.9 Å². The molecule has 27 heavy (non-hydrogen) atoms. The number of pyridine rings is 1. The van der Waals surface area contributed by atoms with Crippen LogP contribution in [0.2, 0.25) is 0 Å². The lowest BCUT2D eigenvalue weighted by atomic mass is 10.1. The van der Waals surface area contributed by atoms with E-state index in [0.717, 1.165) is 16.7 Å². The van der Waals surface area contributed by atoms with Crippen molar-refractivity contribution in [2.75, 3.05) is 5.32 Å². The molecule has 2 amide bonds. The van der Waals surface area contributed by atoms with Crippen LogP contribution < -0.4 is 10.6 Å². The summed E-state index contributed by atoms with van der Waals surface area (Å²) < 4.78 is 0. The van der Waals surface area contributed by atoms with Crippen molar-refractivity contribution < 1.29 is 9.59 Å². The quantitative estimate of drug-likeness (QED) is 0.708. The summed E-state index contributed by atoms with van der Waals surface area (Å²) in [5.74, 6) is -0.252. The number of carbonyl (C=O) groups is 2. The maximum absolute atomic E-state index is 12.3. The molecule has 1 aromatic heterocycles. The zero-order valence-electron chi connectivity index (χ0n) is 15.1. The van der Waals surface area contributed by atoms with Crippen LogP contribution in [0.15, 0.2) is 73.1 Å². The Morgan fingerprint density at radius 1 is 1.00 bits per heavy atom. The van der Waals surface area contributed by atoms with Crippen molar-refractivity contribution in [2.45, 2.75) is 19.9 Å². The summed E-state index contributed by atoms with van der Waals surface area (Å²) in [6.45, 7) is 2.36. The van der Waals surface area contributed by atoms with Gasteiger partial charge in [0.05, 0.1) is 12.0 Å². The van der Waals surface area contributed by atoms with E-state index >= 15 is 0 Å². The van der Waals surface area contributed by atoms with E-state index in [-0.39, 0.29) is 11.8 Å². The number of hydrogen-bond donors (Lipinski definition) is 2. The monoisotopic (exact) mass is 359 g/mol. The Kier molecular flexibility index (Phi) is 5.94. The van der Waals surface area contributed by atoms with Crippen molar-refractivity contribution in [3.8, 4) is 0 Å². The Bertz CT molecular complexity index is 939. The van der Waals surface area contributed by atoms with Crippen LogP contribution in [-0.4, -0.2) is 16.8 Å². The van der Waals surface area contributed by atoms with Crippen molar-refractivity contribution in [3.63, 3.8) is 0 Å². The lowest BCUT2D eigenvalue weighted by molar-refractivity contribution is -0.115. The maximum atomic E-state index is 12.3. The van der Waals surface area contributed by atoms with Gasteiger partial charge in [0.15, 0.2) is 0 Å². The highest BCUT2D eigenvalue weighted by molar-refractivity contribution is 5.94. The third-order valence-corrected chi connectivity index (χ3v) is 4.20. The highest BCUT2D eigenvalue weighted by Crippen LogP contribution is 2.13. The first kappa shape index (κ1) is 18.3. The van der Waals surface area contributed by atoms with Gasteiger partial charge in [-0.3, -0.25) is 14.6 Å². The van der Waals surface area contributed by atoms with Crippen LogP contribution in [0.1, 0.15) is 27.0 Å². The summed E-state index contributed by atoms with van der Waals surface area (Å²) in [5, 5.41) is 5.77. The molecule has 3 aromatic rings. The molecule has 0 bridgehead atoms. The first-order valence-corrected chi connectivity index (χ1v) is 8.73. The molecule has 0 atom stereocenters. The lowest BCUT2D eigenvalue weighted by Gasteiger charge is -2.10. The number of hydrogen-bond acceptors (Lipinski definition) is 3. The fourth-order valence-corrected chi connectivity index (χ4v) is 2.73. The highest BCUT2D eigenvalue weighted by Gasteiger charge is 2.08. The van der Waals surface area contributed by atoms with E-state index in [9.17, 15) is 9.59 Å². The standard InChI is InChI=1S/C22H21N3O2/c1-16-6-2-3-8-18(16)13-21(26)25-20-10-4-7-17(12-20)14-24-22(27)19-9-5-11-23-15-19/h2-12,15H,13-14H2,1H3,(H,24,27)(H,25,26). The third kappa shape index (κ3) is 5.25. The largest absolute Gasteiger partial charge is 0.348 e. The first-order valence-electron chi connectivity index (χ1n) is 8.73. The second-order valence-corrected chi connectivity index (χ2v) is 6.28. The molecule has 0 saturated carbocycles. The number of rotatable bonds is 6. The van der Waals surface area contributed by atoms with Gasteiger partial charge in [-0.15, -0.1) is 0 Å². The van der Waals surface area contributed by atoms with Crippen molar-refractivity contribution in [1.29, 1.82) is 0 Å². The van der Waals surface area contributed by atoms with Crippen LogP contribution in [0.5, 0.6) is 0 Å². The fourth-order valence-electron chi connectivity index (χ4n) is 2.73. The van der Waals surface area contributed by atoms with Crippen LogP contribution in [0, 0.1) is 6.92 Å². The second kappa shape index (κ2) is 8.76.